The molecule has 26 heavy (non-hydrogen) atoms. The molecule has 1 aliphatic heterocycles. The van der Waals surface area contributed by atoms with Gasteiger partial charge in [-0.1, -0.05) is 6.07 Å². The molecule has 144 valence electrons. The minimum Gasteiger partial charge on any atom is -0.381 e. The second-order valence-corrected chi connectivity index (χ2v) is 7.81. The van der Waals surface area contributed by atoms with Gasteiger partial charge in [-0.05, 0) is 31.0 Å². The van der Waals surface area contributed by atoms with Crippen LogP contribution < -0.4 is 20.7 Å². The van der Waals surface area contributed by atoms with Gasteiger partial charge >= 0.3 is 6.03 Å². The Morgan fingerprint density at radius 2 is 1.88 bits per heavy atom. The van der Waals surface area contributed by atoms with E-state index in [1.165, 1.54) is 13.0 Å². The van der Waals surface area contributed by atoms with Crippen LogP contribution in [0.4, 0.5) is 16.2 Å². The highest BCUT2D eigenvalue weighted by Gasteiger charge is 2.16. The number of rotatable bonds is 7. The Balaban J connectivity index is 1.77. The first-order valence-corrected chi connectivity index (χ1v) is 9.99. The molecule has 1 aliphatic rings. The first kappa shape index (κ1) is 20.0. The number of sulfonamides is 1. The molecule has 1 aromatic rings. The van der Waals surface area contributed by atoms with Crippen molar-refractivity contribution in [3.8, 4) is 0 Å². The van der Waals surface area contributed by atoms with Crippen molar-refractivity contribution in [2.75, 3.05) is 35.6 Å². The topological polar surface area (TPSA) is 126 Å². The number of anilines is 2. The van der Waals surface area contributed by atoms with Crippen molar-refractivity contribution in [1.29, 1.82) is 0 Å². The van der Waals surface area contributed by atoms with Gasteiger partial charge in [0.05, 0.1) is 11.4 Å². The van der Waals surface area contributed by atoms with E-state index in [-0.39, 0.29) is 30.3 Å². The summed E-state index contributed by atoms with van der Waals surface area (Å²) in [6.07, 6.45) is 1.50. The number of carbonyl (C=O) groups is 2. The Kier molecular flexibility index (Phi) is 7.22. The number of hydrogen-bond acceptors (Lipinski definition) is 5. The van der Waals surface area contributed by atoms with Gasteiger partial charge < -0.3 is 20.7 Å². The minimum atomic E-state index is -3.63. The minimum absolute atomic E-state index is 0.0181. The Labute approximate surface area is 152 Å². The van der Waals surface area contributed by atoms with E-state index in [1.54, 1.807) is 18.2 Å². The summed E-state index contributed by atoms with van der Waals surface area (Å²) in [5, 5.41) is 7.92. The smallest absolute Gasteiger partial charge is 0.315 e. The number of urea groups is 1. The fraction of sp³-hybridized carbons (Fsp3) is 0.500. The molecule has 2 rings (SSSR count). The Hall–Kier alpha value is -2.33. The van der Waals surface area contributed by atoms with Crippen LogP contribution in [0.3, 0.4) is 0 Å². The van der Waals surface area contributed by atoms with Gasteiger partial charge in [0.25, 0.3) is 0 Å². The van der Waals surface area contributed by atoms with E-state index >= 15 is 0 Å². The molecular weight excluding hydrogens is 360 g/mol. The van der Waals surface area contributed by atoms with Crippen molar-refractivity contribution >= 4 is 33.3 Å². The van der Waals surface area contributed by atoms with Crippen molar-refractivity contribution < 1.29 is 22.7 Å². The predicted molar refractivity (Wildman–Crippen MR) is 98.5 cm³/mol. The maximum absolute atomic E-state index is 12.1. The van der Waals surface area contributed by atoms with Crippen molar-refractivity contribution in [3.05, 3.63) is 24.3 Å². The fourth-order valence-electron chi connectivity index (χ4n) is 2.47. The Morgan fingerprint density at radius 3 is 2.58 bits per heavy atom. The van der Waals surface area contributed by atoms with Crippen LogP contribution in [0.15, 0.2) is 24.3 Å². The number of hydrogen-bond donors (Lipinski definition) is 4. The van der Waals surface area contributed by atoms with Gasteiger partial charge in [-0.15, -0.1) is 0 Å². The second-order valence-electron chi connectivity index (χ2n) is 5.97. The van der Waals surface area contributed by atoms with Crippen LogP contribution >= 0.6 is 0 Å². The van der Waals surface area contributed by atoms with Crippen molar-refractivity contribution in [2.45, 2.75) is 25.8 Å². The molecule has 0 bridgehead atoms. The molecule has 3 amide bonds. The van der Waals surface area contributed by atoms with E-state index < -0.39 is 10.0 Å². The van der Waals surface area contributed by atoms with Crippen LogP contribution in [0.25, 0.3) is 0 Å². The highest BCUT2D eigenvalue weighted by molar-refractivity contribution is 7.92. The van der Waals surface area contributed by atoms with Crippen LogP contribution in [-0.2, 0) is 19.6 Å². The standard InChI is InChI=1S/C16H24N4O5S/c1-12(21)18-14-3-2-4-15(11-14)20-26(23,24)10-7-17-16(22)19-13-5-8-25-9-6-13/h2-4,11,13,20H,5-10H2,1H3,(H,18,21)(H2,17,19,22). The molecule has 10 heteroatoms. The summed E-state index contributed by atoms with van der Waals surface area (Å²) in [5.74, 6) is -0.511. The van der Waals surface area contributed by atoms with Gasteiger partial charge in [-0.3, -0.25) is 9.52 Å². The van der Waals surface area contributed by atoms with Crippen LogP contribution in [0.5, 0.6) is 0 Å². The molecule has 9 nitrogen and oxygen atoms in total. The van der Waals surface area contributed by atoms with Gasteiger partial charge in [-0.25, -0.2) is 13.2 Å². The predicted octanol–water partition coefficient (Wildman–Crippen LogP) is 0.865. The molecule has 1 heterocycles. The number of ether oxygens (including phenoxy) is 1. The van der Waals surface area contributed by atoms with Crippen LogP contribution in [0.1, 0.15) is 19.8 Å². The van der Waals surface area contributed by atoms with Crippen molar-refractivity contribution in [3.63, 3.8) is 0 Å². The normalized spacial score (nSPS) is 15.1. The van der Waals surface area contributed by atoms with Crippen LogP contribution in [0, 0.1) is 0 Å². The molecule has 0 saturated carbocycles. The quantitative estimate of drug-likeness (QED) is 0.555. The zero-order valence-electron chi connectivity index (χ0n) is 14.6. The monoisotopic (exact) mass is 384 g/mol. The summed E-state index contributed by atoms with van der Waals surface area (Å²) >= 11 is 0. The molecular formula is C16H24N4O5S. The lowest BCUT2D eigenvalue weighted by atomic mass is 10.1. The SMILES string of the molecule is CC(=O)Nc1cccc(NS(=O)(=O)CCNC(=O)NC2CCOCC2)c1. The van der Waals surface area contributed by atoms with E-state index in [4.69, 9.17) is 4.74 Å². The summed E-state index contributed by atoms with van der Waals surface area (Å²) in [6.45, 7) is 2.57. The third kappa shape index (κ3) is 7.28. The molecule has 0 atom stereocenters. The second kappa shape index (κ2) is 9.39. The molecule has 0 radical (unpaired) electrons. The highest BCUT2D eigenvalue weighted by Crippen LogP contribution is 2.16. The lowest BCUT2D eigenvalue weighted by Gasteiger charge is -2.23. The zero-order chi connectivity index (χ0) is 19.0. The first-order valence-electron chi connectivity index (χ1n) is 8.34. The van der Waals surface area contributed by atoms with Crippen molar-refractivity contribution in [2.24, 2.45) is 0 Å². The average Bonchev–Trinajstić information content (AvgIpc) is 2.54. The summed E-state index contributed by atoms with van der Waals surface area (Å²) in [6, 6.07) is 6.04. The van der Waals surface area contributed by atoms with E-state index in [0.717, 1.165) is 12.8 Å². The van der Waals surface area contributed by atoms with Gasteiger partial charge in [0.2, 0.25) is 15.9 Å². The molecule has 0 aromatic heterocycles. The average molecular weight is 384 g/mol. The fourth-order valence-corrected chi connectivity index (χ4v) is 3.43. The lowest BCUT2D eigenvalue weighted by Crippen LogP contribution is -2.45. The summed E-state index contributed by atoms with van der Waals surface area (Å²) in [4.78, 5) is 22.8. The van der Waals surface area contributed by atoms with Gasteiger partial charge in [0.15, 0.2) is 0 Å². The Bertz CT molecular complexity index is 732. The largest absolute Gasteiger partial charge is 0.381 e. The van der Waals surface area contributed by atoms with Crippen LogP contribution in [-0.4, -0.2) is 51.9 Å². The highest BCUT2D eigenvalue weighted by atomic mass is 32.2. The maximum Gasteiger partial charge on any atom is 0.315 e. The number of benzene rings is 1. The van der Waals surface area contributed by atoms with E-state index in [2.05, 4.69) is 20.7 Å². The van der Waals surface area contributed by atoms with E-state index in [9.17, 15) is 18.0 Å². The van der Waals surface area contributed by atoms with Crippen LogP contribution in [0.2, 0.25) is 0 Å². The third-order valence-corrected chi connectivity index (χ3v) is 4.96. The van der Waals surface area contributed by atoms with Gasteiger partial charge in [-0.2, -0.15) is 0 Å². The zero-order valence-corrected chi connectivity index (χ0v) is 15.4. The molecule has 1 saturated heterocycles. The van der Waals surface area contributed by atoms with Crippen molar-refractivity contribution in [1.82, 2.24) is 10.6 Å². The lowest BCUT2D eigenvalue weighted by molar-refractivity contribution is -0.114. The first-order chi connectivity index (χ1) is 12.3. The van der Waals surface area contributed by atoms with Gasteiger partial charge in [0, 0.05) is 38.4 Å². The van der Waals surface area contributed by atoms with E-state index in [1.807, 2.05) is 0 Å². The van der Waals surface area contributed by atoms with Gasteiger partial charge in [0.1, 0.15) is 0 Å². The maximum atomic E-state index is 12.1. The third-order valence-electron chi connectivity index (χ3n) is 3.67. The molecule has 0 unspecified atom stereocenters. The van der Waals surface area contributed by atoms with E-state index in [0.29, 0.717) is 24.6 Å². The molecule has 1 aromatic carbocycles. The number of amides is 3. The number of carbonyl (C=O) groups excluding carboxylic acids is 2. The molecule has 1 fully saturated rings. The molecule has 4 N–H and O–H groups in total. The Morgan fingerprint density at radius 1 is 1.19 bits per heavy atom. The molecule has 0 spiro atoms. The number of nitrogens with one attached hydrogen (secondary N) is 4. The summed E-state index contributed by atoms with van der Waals surface area (Å²) < 4.78 is 31.9. The summed E-state index contributed by atoms with van der Waals surface area (Å²) in [5.41, 5.74) is 0.828. The molecule has 0 aliphatic carbocycles. The summed E-state index contributed by atoms with van der Waals surface area (Å²) in [7, 11) is -3.63.